The van der Waals surface area contributed by atoms with Crippen LogP contribution in [0.1, 0.15) is 0 Å². The third kappa shape index (κ3) is 2.75. The Hall–Kier alpha value is -2.04. The molecular weight excluding hydrogens is 756 g/mol. The standard InChI is InChI=1S/C16F28O2/c17-1-5(14(36,37)38,45-16(42,43)13(35,46-44)11(31,32)12(33,34)15(39,40)41)2(18)8(25,26)3(19,6(1,21)22)10(29,30)4(20,7(1,23)24)9(2,27)28. The monoisotopic (exact) mass is 756 g/mol. The molecule has 1 atom stereocenters. The summed E-state index contributed by atoms with van der Waals surface area (Å²) < 4.78 is 397. The number of halogens is 28. The van der Waals surface area contributed by atoms with E-state index in [9.17, 15) is 114 Å². The van der Waals surface area contributed by atoms with Gasteiger partial charge in [-0.1, -0.05) is 0 Å². The Labute approximate surface area is 228 Å². The van der Waals surface area contributed by atoms with E-state index in [1.54, 1.807) is 0 Å². The summed E-state index contributed by atoms with van der Waals surface area (Å²) in [5.41, 5.74) is -46.5. The maximum atomic E-state index is 15.6. The Bertz CT molecular complexity index is 1200. The molecule has 0 aliphatic heterocycles. The van der Waals surface area contributed by atoms with Gasteiger partial charge in [-0.2, -0.15) is 101 Å². The lowest BCUT2D eigenvalue weighted by atomic mass is 9.37. The molecule has 4 saturated carbocycles. The summed E-state index contributed by atoms with van der Waals surface area (Å²) in [7, 11) is 0. The Morgan fingerprint density at radius 2 is 0.630 bits per heavy atom. The first-order valence-corrected chi connectivity index (χ1v) is 10.1. The first-order chi connectivity index (χ1) is 19.5. The molecule has 0 N–H and O–H groups in total. The van der Waals surface area contributed by atoms with Gasteiger partial charge >= 0.3 is 77.1 Å². The van der Waals surface area contributed by atoms with Crippen molar-refractivity contribution < 1.29 is 133 Å². The third-order valence-electron chi connectivity index (χ3n) is 7.61. The lowest BCUT2D eigenvalue weighted by Gasteiger charge is -2.76. The van der Waals surface area contributed by atoms with Gasteiger partial charge in [0, 0.05) is 0 Å². The molecule has 0 heterocycles. The van der Waals surface area contributed by atoms with Crippen LogP contribution >= 0.6 is 0 Å². The summed E-state index contributed by atoms with van der Waals surface area (Å²) in [6.45, 7) is 0. The molecule has 4 aliphatic carbocycles. The highest BCUT2D eigenvalue weighted by molar-refractivity contribution is 5.56. The highest BCUT2D eigenvalue weighted by Gasteiger charge is 3.25. The lowest BCUT2D eigenvalue weighted by molar-refractivity contribution is -0.639. The maximum Gasteiger partial charge on any atom is 0.460 e. The Balaban J connectivity index is 2.69. The van der Waals surface area contributed by atoms with Crippen LogP contribution in [-0.2, 0) is 9.68 Å². The van der Waals surface area contributed by atoms with Gasteiger partial charge in [0.2, 0.25) is 0 Å². The molecule has 0 spiro atoms. The normalized spacial score (nSPS) is 41.0. The third-order valence-corrected chi connectivity index (χ3v) is 7.61. The molecule has 0 aromatic rings. The molecule has 0 aromatic heterocycles. The first kappa shape index (κ1) is 38.4. The lowest BCUT2D eigenvalue weighted by Crippen LogP contribution is -3.11. The van der Waals surface area contributed by atoms with E-state index in [2.05, 4.69) is 0 Å². The molecule has 46 heavy (non-hydrogen) atoms. The summed E-state index contributed by atoms with van der Waals surface area (Å²) in [5, 5.41) is 0. The minimum absolute atomic E-state index is 0.645. The molecule has 4 fully saturated rings. The van der Waals surface area contributed by atoms with Crippen molar-refractivity contribution in [3.63, 3.8) is 0 Å². The van der Waals surface area contributed by atoms with Gasteiger partial charge in [-0.05, 0) is 4.53 Å². The molecule has 0 amide bonds. The number of rotatable bonds is 6. The van der Waals surface area contributed by atoms with E-state index in [0.717, 1.165) is 4.74 Å². The summed E-state index contributed by atoms with van der Waals surface area (Å²) >= 11 is 0. The summed E-state index contributed by atoms with van der Waals surface area (Å²) in [6, 6.07) is 0. The molecule has 0 saturated heterocycles. The number of hydrogen-bond acceptors (Lipinski definition) is 2. The molecule has 1 unspecified atom stereocenters. The van der Waals surface area contributed by atoms with Crippen LogP contribution in [0.5, 0.6) is 0 Å². The van der Waals surface area contributed by atoms with Crippen LogP contribution in [-0.4, -0.2) is 94.0 Å². The van der Waals surface area contributed by atoms with Gasteiger partial charge in [-0.15, -0.1) is 4.94 Å². The predicted molar refractivity (Wildman–Crippen MR) is 76.9 cm³/mol. The van der Waals surface area contributed by atoms with Gasteiger partial charge in [-0.3, -0.25) is 4.74 Å². The first-order valence-electron chi connectivity index (χ1n) is 10.1. The van der Waals surface area contributed by atoms with Crippen molar-refractivity contribution in [2.24, 2.45) is 0 Å². The highest BCUT2D eigenvalue weighted by Crippen LogP contribution is 2.90. The fourth-order valence-corrected chi connectivity index (χ4v) is 5.39. The summed E-state index contributed by atoms with van der Waals surface area (Å²) in [6.07, 6.45) is -27.1. The minimum Gasteiger partial charge on any atom is -0.291 e. The number of alkyl halides is 27. The second-order valence-electron chi connectivity index (χ2n) is 9.62. The van der Waals surface area contributed by atoms with Crippen LogP contribution in [0, 0.1) is 0 Å². The molecule has 30 heteroatoms. The van der Waals surface area contributed by atoms with E-state index in [0.29, 0.717) is 4.94 Å². The van der Waals surface area contributed by atoms with E-state index >= 15 is 8.78 Å². The van der Waals surface area contributed by atoms with Crippen LogP contribution in [0.2, 0.25) is 0 Å². The fourth-order valence-electron chi connectivity index (χ4n) is 5.39. The highest BCUT2D eigenvalue weighted by atomic mass is 19.4. The Morgan fingerprint density at radius 3 is 0.848 bits per heavy atom. The van der Waals surface area contributed by atoms with E-state index < -0.39 is 94.0 Å². The molecular formula is C16F28O2. The fraction of sp³-hybridized carbons (Fsp3) is 1.00. The van der Waals surface area contributed by atoms with Gasteiger partial charge in [0.1, 0.15) is 0 Å². The zero-order valence-corrected chi connectivity index (χ0v) is 19.4. The summed E-state index contributed by atoms with van der Waals surface area (Å²) in [4.78, 5) is 0.645. The van der Waals surface area contributed by atoms with Gasteiger partial charge in [-0.25, -0.2) is 17.6 Å². The zero-order chi connectivity index (χ0) is 37.4. The second kappa shape index (κ2) is 8.21. The van der Waals surface area contributed by atoms with Crippen LogP contribution in [0.4, 0.5) is 123 Å². The molecule has 4 rings (SSSR count). The quantitative estimate of drug-likeness (QED) is 0.254. The van der Waals surface area contributed by atoms with Crippen LogP contribution in [0.25, 0.3) is 0 Å². The average Bonchev–Trinajstić information content (AvgIpc) is 2.84. The minimum atomic E-state index is -9.71. The summed E-state index contributed by atoms with van der Waals surface area (Å²) in [5.74, 6) is -72.8. The number of ether oxygens (including phenoxy) is 1. The maximum absolute atomic E-state index is 15.6. The Kier molecular flexibility index (Phi) is 6.86. The zero-order valence-electron chi connectivity index (χ0n) is 19.4. The largest absolute Gasteiger partial charge is 0.460 e. The topological polar surface area (TPSA) is 18.5 Å². The van der Waals surface area contributed by atoms with Crippen LogP contribution in [0.15, 0.2) is 0 Å². The van der Waals surface area contributed by atoms with Crippen molar-refractivity contribution in [1.29, 1.82) is 0 Å². The SMILES string of the molecule is FOC(F)(C(F)(F)OC1(C(F)(F)F)C2(F)C(F)(F)C3(F)C(F)(F)C(F)(C2(F)F)C(F)(F)C1(F)C3(F)F)C(F)(F)C(F)(F)C(F)(F)F. The van der Waals surface area contributed by atoms with Crippen molar-refractivity contribution in [1.82, 2.24) is 0 Å². The Morgan fingerprint density at radius 1 is 0.370 bits per heavy atom. The van der Waals surface area contributed by atoms with Crippen molar-refractivity contribution in [3.05, 3.63) is 0 Å². The van der Waals surface area contributed by atoms with Crippen LogP contribution in [0.3, 0.4) is 0 Å². The molecule has 2 nitrogen and oxygen atoms in total. The average molecular weight is 756 g/mol. The second-order valence-corrected chi connectivity index (χ2v) is 9.62. The van der Waals surface area contributed by atoms with Gasteiger partial charge in [0.15, 0.2) is 0 Å². The van der Waals surface area contributed by atoms with Gasteiger partial charge < -0.3 is 0 Å². The van der Waals surface area contributed by atoms with Gasteiger partial charge in [0.25, 0.3) is 16.9 Å². The van der Waals surface area contributed by atoms with E-state index in [1.165, 1.54) is 0 Å². The van der Waals surface area contributed by atoms with E-state index in [-0.39, 0.29) is 0 Å². The van der Waals surface area contributed by atoms with Crippen molar-refractivity contribution >= 4 is 0 Å². The van der Waals surface area contributed by atoms with Crippen molar-refractivity contribution in [3.8, 4) is 0 Å². The number of hydrogen-bond donors (Lipinski definition) is 0. The van der Waals surface area contributed by atoms with Gasteiger partial charge in [0.05, 0.1) is 0 Å². The predicted octanol–water partition coefficient (Wildman–Crippen LogP) is 8.35. The molecule has 272 valence electrons. The molecule has 0 aromatic carbocycles. The van der Waals surface area contributed by atoms with Crippen molar-refractivity contribution in [2.75, 3.05) is 0 Å². The van der Waals surface area contributed by atoms with Crippen molar-refractivity contribution in [2.45, 2.75) is 94.0 Å². The van der Waals surface area contributed by atoms with E-state index in [1.807, 2.05) is 0 Å². The van der Waals surface area contributed by atoms with Crippen LogP contribution < -0.4 is 0 Å². The molecule has 0 radical (unpaired) electrons. The van der Waals surface area contributed by atoms with E-state index in [4.69, 9.17) is 0 Å². The molecule has 4 aliphatic rings. The smallest absolute Gasteiger partial charge is 0.291 e. The molecule has 4 bridgehead atoms.